The molecule has 1 spiro atoms. The van der Waals surface area contributed by atoms with E-state index in [-0.39, 0.29) is 5.91 Å². The summed E-state index contributed by atoms with van der Waals surface area (Å²) in [6, 6.07) is 9.71. The van der Waals surface area contributed by atoms with Crippen molar-refractivity contribution in [3.63, 3.8) is 0 Å². The summed E-state index contributed by atoms with van der Waals surface area (Å²) in [5.41, 5.74) is 0.475. The minimum atomic E-state index is -0.570. The number of nitrogens with zero attached hydrogens (tertiary/aromatic N) is 1. The van der Waals surface area contributed by atoms with Crippen LogP contribution in [0.15, 0.2) is 36.4 Å². The molecule has 0 aromatic heterocycles. The molecule has 0 radical (unpaired) electrons. The third kappa shape index (κ3) is 2.49. The highest BCUT2D eigenvalue weighted by Crippen LogP contribution is 2.35. The van der Waals surface area contributed by atoms with Crippen molar-refractivity contribution in [1.29, 1.82) is 0 Å². The molecule has 106 valence electrons. The zero-order valence-corrected chi connectivity index (χ0v) is 11.4. The quantitative estimate of drug-likeness (QED) is 0.830. The number of carbonyl (C=O) groups excluding carboxylic acids is 1. The zero-order valence-electron chi connectivity index (χ0n) is 11.4. The van der Waals surface area contributed by atoms with Gasteiger partial charge in [-0.25, -0.2) is 0 Å². The molecular formula is C16H19NO3. The van der Waals surface area contributed by atoms with Gasteiger partial charge in [-0.1, -0.05) is 30.3 Å². The van der Waals surface area contributed by atoms with Gasteiger partial charge in [0.15, 0.2) is 0 Å². The summed E-state index contributed by atoms with van der Waals surface area (Å²) in [6.45, 7) is 1.53. The van der Waals surface area contributed by atoms with E-state index in [0.717, 1.165) is 18.4 Å². The molecule has 2 aliphatic heterocycles. The Bertz CT molecular complexity index is 506. The molecule has 2 atom stereocenters. The van der Waals surface area contributed by atoms with Crippen LogP contribution in [0.2, 0.25) is 0 Å². The van der Waals surface area contributed by atoms with Crippen molar-refractivity contribution in [3.05, 3.63) is 42.0 Å². The maximum Gasteiger partial charge on any atom is 0.246 e. The first-order chi connectivity index (χ1) is 9.70. The molecule has 20 heavy (non-hydrogen) atoms. The Morgan fingerprint density at radius 3 is 2.90 bits per heavy atom. The van der Waals surface area contributed by atoms with E-state index in [0.29, 0.717) is 19.7 Å². The second kappa shape index (κ2) is 5.38. The van der Waals surface area contributed by atoms with Crippen molar-refractivity contribution in [2.75, 3.05) is 19.7 Å². The number of hydrogen-bond donors (Lipinski definition) is 1. The maximum atomic E-state index is 12.2. The van der Waals surface area contributed by atoms with E-state index < -0.39 is 11.7 Å². The van der Waals surface area contributed by atoms with Crippen molar-refractivity contribution < 1.29 is 14.6 Å². The molecule has 1 N–H and O–H groups in total. The zero-order chi connectivity index (χ0) is 14.0. The SMILES string of the molecule is O=C(/C=C/c1ccccc1)N1C[C@H](O)[C@]2(CCCO2)C1. The highest BCUT2D eigenvalue weighted by atomic mass is 16.5. The summed E-state index contributed by atoms with van der Waals surface area (Å²) >= 11 is 0. The minimum Gasteiger partial charge on any atom is -0.388 e. The van der Waals surface area contributed by atoms with E-state index in [1.165, 1.54) is 0 Å². The predicted octanol–water partition coefficient (Wildman–Crippen LogP) is 1.45. The Labute approximate surface area is 118 Å². The molecule has 1 aromatic carbocycles. The molecule has 0 aliphatic carbocycles. The Kier molecular flexibility index (Phi) is 3.59. The number of ether oxygens (including phenoxy) is 1. The first kappa shape index (κ1) is 13.3. The lowest BCUT2D eigenvalue weighted by atomic mass is 9.97. The van der Waals surface area contributed by atoms with Crippen LogP contribution in [0.25, 0.3) is 6.08 Å². The summed E-state index contributed by atoms with van der Waals surface area (Å²) in [7, 11) is 0. The fourth-order valence-electron chi connectivity index (χ4n) is 2.98. The van der Waals surface area contributed by atoms with Gasteiger partial charge in [0.05, 0.1) is 6.54 Å². The first-order valence-corrected chi connectivity index (χ1v) is 7.04. The molecule has 0 saturated carbocycles. The van der Waals surface area contributed by atoms with Crippen molar-refractivity contribution in [1.82, 2.24) is 4.90 Å². The molecule has 0 unspecified atom stereocenters. The number of aliphatic hydroxyl groups excluding tert-OH is 1. The van der Waals surface area contributed by atoms with Crippen LogP contribution in [0.5, 0.6) is 0 Å². The summed E-state index contributed by atoms with van der Waals surface area (Å²) in [4.78, 5) is 13.9. The fraction of sp³-hybridized carbons (Fsp3) is 0.438. The van der Waals surface area contributed by atoms with Crippen LogP contribution in [-0.2, 0) is 9.53 Å². The molecule has 3 rings (SSSR count). The van der Waals surface area contributed by atoms with E-state index in [4.69, 9.17) is 4.74 Å². The van der Waals surface area contributed by atoms with Gasteiger partial charge in [-0.2, -0.15) is 0 Å². The fourth-order valence-corrected chi connectivity index (χ4v) is 2.98. The van der Waals surface area contributed by atoms with Crippen LogP contribution in [0.4, 0.5) is 0 Å². The average Bonchev–Trinajstić information content (AvgIpc) is 3.07. The topological polar surface area (TPSA) is 49.8 Å². The normalized spacial score (nSPS) is 29.6. The number of likely N-dealkylation sites (tertiary alicyclic amines) is 1. The average molecular weight is 273 g/mol. The van der Waals surface area contributed by atoms with Crippen LogP contribution in [0.1, 0.15) is 18.4 Å². The lowest BCUT2D eigenvalue weighted by molar-refractivity contribution is -0.126. The summed E-state index contributed by atoms with van der Waals surface area (Å²) in [6.07, 6.45) is 4.59. The molecule has 2 aliphatic rings. The highest BCUT2D eigenvalue weighted by molar-refractivity contribution is 5.92. The third-order valence-corrected chi connectivity index (χ3v) is 4.12. The number of hydrogen-bond acceptors (Lipinski definition) is 3. The molecule has 2 saturated heterocycles. The van der Waals surface area contributed by atoms with Gasteiger partial charge in [0.2, 0.25) is 5.91 Å². The number of rotatable bonds is 2. The van der Waals surface area contributed by atoms with E-state index in [9.17, 15) is 9.90 Å². The van der Waals surface area contributed by atoms with Crippen LogP contribution < -0.4 is 0 Å². The van der Waals surface area contributed by atoms with Gasteiger partial charge in [-0.3, -0.25) is 4.79 Å². The minimum absolute atomic E-state index is 0.0692. The molecule has 0 bridgehead atoms. The lowest BCUT2D eigenvalue weighted by Crippen LogP contribution is -2.41. The molecule has 4 nitrogen and oxygen atoms in total. The summed E-state index contributed by atoms with van der Waals surface area (Å²) < 4.78 is 5.69. The Balaban J connectivity index is 1.65. The molecule has 2 fully saturated rings. The third-order valence-electron chi connectivity index (χ3n) is 4.12. The second-order valence-electron chi connectivity index (χ2n) is 5.50. The van der Waals surface area contributed by atoms with Crippen molar-refractivity contribution in [2.45, 2.75) is 24.5 Å². The number of aliphatic hydroxyl groups is 1. The van der Waals surface area contributed by atoms with Crippen LogP contribution in [-0.4, -0.2) is 47.3 Å². The molecule has 4 heteroatoms. The molecular weight excluding hydrogens is 254 g/mol. The predicted molar refractivity (Wildman–Crippen MR) is 76.0 cm³/mol. The van der Waals surface area contributed by atoms with Crippen LogP contribution >= 0.6 is 0 Å². The van der Waals surface area contributed by atoms with Gasteiger partial charge in [-0.05, 0) is 24.5 Å². The van der Waals surface area contributed by atoms with Gasteiger partial charge < -0.3 is 14.7 Å². The van der Waals surface area contributed by atoms with E-state index in [2.05, 4.69) is 0 Å². The van der Waals surface area contributed by atoms with E-state index >= 15 is 0 Å². The van der Waals surface area contributed by atoms with Gasteiger partial charge >= 0.3 is 0 Å². The standard InChI is InChI=1S/C16H19NO3/c18-14-11-17(12-16(14)9-4-10-20-16)15(19)8-7-13-5-2-1-3-6-13/h1-3,5-8,14,18H,4,9-12H2/b8-7+/t14-,16-/m0/s1. The van der Waals surface area contributed by atoms with Crippen molar-refractivity contribution in [3.8, 4) is 0 Å². The van der Waals surface area contributed by atoms with Gasteiger partial charge in [0, 0.05) is 19.2 Å². The van der Waals surface area contributed by atoms with Gasteiger partial charge in [0.25, 0.3) is 0 Å². The van der Waals surface area contributed by atoms with Crippen LogP contribution in [0, 0.1) is 0 Å². The molecule has 2 heterocycles. The molecule has 1 aromatic rings. The number of carbonyl (C=O) groups is 1. The van der Waals surface area contributed by atoms with Gasteiger partial charge in [0.1, 0.15) is 11.7 Å². The lowest BCUT2D eigenvalue weighted by Gasteiger charge is -2.25. The number of amides is 1. The molecule has 1 amide bonds. The van der Waals surface area contributed by atoms with E-state index in [1.807, 2.05) is 30.3 Å². The smallest absolute Gasteiger partial charge is 0.246 e. The van der Waals surface area contributed by atoms with Crippen LogP contribution in [0.3, 0.4) is 0 Å². The number of benzene rings is 1. The monoisotopic (exact) mass is 273 g/mol. The highest BCUT2D eigenvalue weighted by Gasteiger charge is 2.49. The van der Waals surface area contributed by atoms with Gasteiger partial charge in [-0.15, -0.1) is 0 Å². The maximum absolute atomic E-state index is 12.2. The van der Waals surface area contributed by atoms with E-state index in [1.54, 1.807) is 17.1 Å². The Morgan fingerprint density at radius 1 is 1.40 bits per heavy atom. The van der Waals surface area contributed by atoms with Crippen molar-refractivity contribution in [2.24, 2.45) is 0 Å². The first-order valence-electron chi connectivity index (χ1n) is 7.04. The second-order valence-corrected chi connectivity index (χ2v) is 5.50. The number of β-amino-alcohol motifs (C(OH)–C–C–N with tert-alkyl or cyclic N) is 1. The Morgan fingerprint density at radius 2 is 2.20 bits per heavy atom. The largest absolute Gasteiger partial charge is 0.388 e. The summed E-state index contributed by atoms with van der Waals surface area (Å²) in [5, 5.41) is 10.1. The summed E-state index contributed by atoms with van der Waals surface area (Å²) in [5.74, 6) is -0.0692. The Hall–Kier alpha value is -1.65. The van der Waals surface area contributed by atoms with Crippen molar-refractivity contribution >= 4 is 12.0 Å².